The van der Waals surface area contributed by atoms with Crippen LogP contribution in [0.5, 0.6) is 5.75 Å². The van der Waals surface area contributed by atoms with Gasteiger partial charge in [-0.2, -0.15) is 0 Å². The summed E-state index contributed by atoms with van der Waals surface area (Å²) < 4.78 is 13.2. The molecule has 1 nitrogen and oxygen atoms in total. The number of hydrogen-bond acceptors (Lipinski definition) is 1. The standard InChI is InChI=1S/C13H10ClFO/c1-8-6-13(16)12(15)7-11(8)9-2-4-10(14)5-3-9/h2-7,16H,1H3. The first-order valence-corrected chi connectivity index (χ1v) is 5.21. The Kier molecular flexibility index (Phi) is 2.84. The third-order valence-electron chi connectivity index (χ3n) is 2.45. The third-order valence-corrected chi connectivity index (χ3v) is 2.70. The van der Waals surface area contributed by atoms with E-state index in [-0.39, 0.29) is 5.75 Å². The molecule has 0 spiro atoms. The van der Waals surface area contributed by atoms with Crippen LogP contribution in [0.25, 0.3) is 11.1 Å². The van der Waals surface area contributed by atoms with Crippen molar-refractivity contribution in [1.82, 2.24) is 0 Å². The lowest BCUT2D eigenvalue weighted by molar-refractivity contribution is 0.432. The summed E-state index contributed by atoms with van der Waals surface area (Å²) in [5, 5.41) is 9.86. The van der Waals surface area contributed by atoms with Gasteiger partial charge in [0.05, 0.1) is 0 Å². The van der Waals surface area contributed by atoms with E-state index in [0.29, 0.717) is 5.02 Å². The average Bonchev–Trinajstić information content (AvgIpc) is 2.25. The number of hydrogen-bond donors (Lipinski definition) is 1. The van der Waals surface area contributed by atoms with E-state index in [9.17, 15) is 9.50 Å². The van der Waals surface area contributed by atoms with Crippen LogP contribution in [0.15, 0.2) is 36.4 Å². The van der Waals surface area contributed by atoms with Crippen LogP contribution in [0.3, 0.4) is 0 Å². The van der Waals surface area contributed by atoms with Crippen LogP contribution in [0, 0.1) is 12.7 Å². The first kappa shape index (κ1) is 11.0. The van der Waals surface area contributed by atoms with Gasteiger partial charge in [0.1, 0.15) is 0 Å². The largest absolute Gasteiger partial charge is 0.505 e. The molecule has 0 aliphatic heterocycles. The summed E-state index contributed by atoms with van der Waals surface area (Å²) in [6.07, 6.45) is 0. The predicted octanol–water partition coefficient (Wildman–Crippen LogP) is 4.16. The molecule has 16 heavy (non-hydrogen) atoms. The van der Waals surface area contributed by atoms with E-state index in [4.69, 9.17) is 11.6 Å². The van der Waals surface area contributed by atoms with Crippen molar-refractivity contribution in [2.45, 2.75) is 6.92 Å². The van der Waals surface area contributed by atoms with Crippen LogP contribution < -0.4 is 0 Å². The fourth-order valence-electron chi connectivity index (χ4n) is 1.61. The zero-order chi connectivity index (χ0) is 11.7. The Labute approximate surface area is 98.1 Å². The van der Waals surface area contributed by atoms with Crippen LogP contribution >= 0.6 is 11.6 Å². The molecule has 2 rings (SSSR count). The second kappa shape index (κ2) is 4.14. The van der Waals surface area contributed by atoms with E-state index in [2.05, 4.69) is 0 Å². The molecule has 82 valence electrons. The van der Waals surface area contributed by atoms with E-state index >= 15 is 0 Å². The van der Waals surface area contributed by atoms with Crippen molar-refractivity contribution >= 4 is 11.6 Å². The zero-order valence-electron chi connectivity index (χ0n) is 8.67. The minimum absolute atomic E-state index is 0.324. The second-order valence-electron chi connectivity index (χ2n) is 3.63. The zero-order valence-corrected chi connectivity index (χ0v) is 9.42. The van der Waals surface area contributed by atoms with Gasteiger partial charge in [-0.25, -0.2) is 4.39 Å². The highest BCUT2D eigenvalue weighted by atomic mass is 35.5. The van der Waals surface area contributed by atoms with Crippen molar-refractivity contribution in [3.8, 4) is 16.9 Å². The normalized spacial score (nSPS) is 10.4. The molecule has 2 aromatic carbocycles. The summed E-state index contributed by atoms with van der Waals surface area (Å²) in [7, 11) is 0. The van der Waals surface area contributed by atoms with Crippen molar-refractivity contribution in [3.05, 3.63) is 52.8 Å². The minimum atomic E-state index is -0.615. The number of aryl methyl sites for hydroxylation is 1. The SMILES string of the molecule is Cc1cc(O)c(F)cc1-c1ccc(Cl)cc1. The van der Waals surface area contributed by atoms with Gasteiger partial charge in [0, 0.05) is 5.02 Å². The van der Waals surface area contributed by atoms with Crippen LogP contribution in [0.1, 0.15) is 5.56 Å². The fraction of sp³-hybridized carbons (Fsp3) is 0.0769. The van der Waals surface area contributed by atoms with Crippen LogP contribution in [0.2, 0.25) is 5.02 Å². The fourth-order valence-corrected chi connectivity index (χ4v) is 1.73. The summed E-state index contributed by atoms with van der Waals surface area (Å²) >= 11 is 5.78. The molecule has 0 radical (unpaired) electrons. The van der Waals surface area contributed by atoms with Gasteiger partial charge in [-0.15, -0.1) is 0 Å². The molecular formula is C13H10ClFO. The Morgan fingerprint density at radius 1 is 1.12 bits per heavy atom. The predicted molar refractivity (Wildman–Crippen MR) is 63.2 cm³/mol. The molecule has 0 fully saturated rings. The maximum atomic E-state index is 13.2. The molecule has 2 aromatic rings. The monoisotopic (exact) mass is 236 g/mol. The Morgan fingerprint density at radius 3 is 2.38 bits per heavy atom. The van der Waals surface area contributed by atoms with Gasteiger partial charge in [0.25, 0.3) is 0 Å². The van der Waals surface area contributed by atoms with E-state index < -0.39 is 5.82 Å². The highest BCUT2D eigenvalue weighted by Crippen LogP contribution is 2.29. The van der Waals surface area contributed by atoms with Crippen LogP contribution in [-0.2, 0) is 0 Å². The maximum Gasteiger partial charge on any atom is 0.165 e. The molecule has 0 amide bonds. The van der Waals surface area contributed by atoms with Crippen LogP contribution in [-0.4, -0.2) is 5.11 Å². The van der Waals surface area contributed by atoms with Gasteiger partial charge in [-0.05, 0) is 47.9 Å². The lowest BCUT2D eigenvalue weighted by Gasteiger charge is -2.07. The van der Waals surface area contributed by atoms with E-state index in [1.165, 1.54) is 12.1 Å². The molecule has 0 heterocycles. The van der Waals surface area contributed by atoms with Gasteiger partial charge in [-0.1, -0.05) is 23.7 Å². The molecule has 0 atom stereocenters. The van der Waals surface area contributed by atoms with Gasteiger partial charge in [0.2, 0.25) is 0 Å². The van der Waals surface area contributed by atoms with Gasteiger partial charge < -0.3 is 5.11 Å². The second-order valence-corrected chi connectivity index (χ2v) is 4.06. The van der Waals surface area contributed by atoms with Crippen molar-refractivity contribution in [2.75, 3.05) is 0 Å². The van der Waals surface area contributed by atoms with Gasteiger partial charge in [0.15, 0.2) is 11.6 Å². The summed E-state index contributed by atoms with van der Waals surface area (Å²) in [5.41, 5.74) is 2.45. The van der Waals surface area contributed by atoms with Crippen molar-refractivity contribution in [3.63, 3.8) is 0 Å². The number of aromatic hydroxyl groups is 1. The lowest BCUT2D eigenvalue weighted by atomic mass is 10.0. The number of rotatable bonds is 1. The summed E-state index contributed by atoms with van der Waals surface area (Å²) in [4.78, 5) is 0. The average molecular weight is 237 g/mol. The van der Waals surface area contributed by atoms with Gasteiger partial charge in [-0.3, -0.25) is 0 Å². The molecular weight excluding hydrogens is 227 g/mol. The van der Waals surface area contributed by atoms with Crippen molar-refractivity contribution in [1.29, 1.82) is 0 Å². The number of halogens is 2. The molecule has 0 aliphatic rings. The topological polar surface area (TPSA) is 20.2 Å². The van der Waals surface area contributed by atoms with E-state index in [1.54, 1.807) is 12.1 Å². The molecule has 1 N–H and O–H groups in total. The smallest absolute Gasteiger partial charge is 0.165 e. The number of benzene rings is 2. The first-order chi connectivity index (χ1) is 7.58. The van der Waals surface area contributed by atoms with Gasteiger partial charge >= 0.3 is 0 Å². The molecule has 0 aliphatic carbocycles. The summed E-state index contributed by atoms with van der Waals surface area (Å²) in [6, 6.07) is 9.89. The number of phenolic OH excluding ortho intramolecular Hbond substituents is 1. The lowest BCUT2D eigenvalue weighted by Crippen LogP contribution is -1.86. The van der Waals surface area contributed by atoms with E-state index in [0.717, 1.165) is 16.7 Å². The molecule has 0 aromatic heterocycles. The first-order valence-electron chi connectivity index (χ1n) is 4.83. The van der Waals surface area contributed by atoms with Crippen molar-refractivity contribution < 1.29 is 9.50 Å². The molecule has 3 heteroatoms. The highest BCUT2D eigenvalue weighted by molar-refractivity contribution is 6.30. The summed E-state index contributed by atoms with van der Waals surface area (Å²) in [5.74, 6) is -0.939. The number of phenols is 1. The molecule has 0 unspecified atom stereocenters. The Morgan fingerprint density at radius 2 is 1.75 bits per heavy atom. The van der Waals surface area contributed by atoms with Crippen LogP contribution in [0.4, 0.5) is 4.39 Å². The van der Waals surface area contributed by atoms with Crippen molar-refractivity contribution in [2.24, 2.45) is 0 Å². The Balaban J connectivity index is 2.56. The third kappa shape index (κ3) is 2.02. The molecule has 0 saturated heterocycles. The highest BCUT2D eigenvalue weighted by Gasteiger charge is 2.07. The minimum Gasteiger partial charge on any atom is -0.505 e. The molecule has 0 saturated carbocycles. The maximum absolute atomic E-state index is 13.2. The summed E-state index contributed by atoms with van der Waals surface area (Å²) in [6.45, 7) is 1.82. The molecule has 0 bridgehead atoms. The quantitative estimate of drug-likeness (QED) is 0.788. The Bertz CT molecular complexity index is 520. The Hall–Kier alpha value is -1.54. The van der Waals surface area contributed by atoms with E-state index in [1.807, 2.05) is 19.1 Å².